The number of benzene rings is 1. The molecule has 70 heavy (non-hydrogen) atoms. The van der Waals surface area contributed by atoms with Crippen LogP contribution in [0.2, 0.25) is 0 Å². The van der Waals surface area contributed by atoms with E-state index in [9.17, 15) is 58.5 Å². The van der Waals surface area contributed by atoms with Crippen LogP contribution in [0.1, 0.15) is 83.4 Å². The van der Waals surface area contributed by atoms with E-state index in [1.54, 1.807) is 44.3 Å². The smallest absolute Gasteiger partial charge is 0.326 e. The molecule has 3 rings (SSSR count). The van der Waals surface area contributed by atoms with Crippen molar-refractivity contribution >= 4 is 64.2 Å². The SMILES string of the molecule is CC(C)[C@H](NC(=O)[C@H](CCC(=O)O)NC(=O)[C@H](CCCCN)NC(=O)[C@H](Cc1c[nH]c2ccccc12)NC(=O)CNC(=O)[C@H](CCCCN)NC(=O)[C@@H](N)[C@@H](C)O)C(=O)N[C@@H](Cc1cnc[nH]1)C(=O)O. The molecule has 0 unspecified atom stereocenters. The van der Waals surface area contributed by atoms with Gasteiger partial charge in [0.25, 0.3) is 0 Å². The monoisotopic (exact) mass is 984 g/mol. The van der Waals surface area contributed by atoms with Crippen molar-refractivity contribution in [2.45, 2.75) is 133 Å². The Morgan fingerprint density at radius 3 is 1.80 bits per heavy atom. The zero-order valence-electron chi connectivity index (χ0n) is 39.6. The zero-order valence-corrected chi connectivity index (χ0v) is 39.6. The first-order valence-electron chi connectivity index (χ1n) is 23.2. The number of para-hydroxylation sites is 1. The molecule has 386 valence electrons. The van der Waals surface area contributed by atoms with Crippen LogP contribution in [0, 0.1) is 5.92 Å². The minimum Gasteiger partial charge on any atom is -0.481 e. The number of unbranched alkanes of at least 4 members (excludes halogenated alkanes) is 2. The predicted octanol–water partition coefficient (Wildman–Crippen LogP) is -2.73. The fourth-order valence-corrected chi connectivity index (χ4v) is 7.22. The van der Waals surface area contributed by atoms with Gasteiger partial charge in [-0.1, -0.05) is 32.0 Å². The number of aromatic nitrogens is 3. The summed E-state index contributed by atoms with van der Waals surface area (Å²) in [5.74, 6) is -9.22. The number of nitrogens with zero attached hydrogens (tertiary/aromatic N) is 1. The summed E-state index contributed by atoms with van der Waals surface area (Å²) in [6.07, 6.45) is 3.63. The van der Waals surface area contributed by atoms with Crippen molar-refractivity contribution in [3.63, 3.8) is 0 Å². The molecule has 0 saturated carbocycles. The lowest BCUT2D eigenvalue weighted by Crippen LogP contribution is -2.60. The van der Waals surface area contributed by atoms with Crippen molar-refractivity contribution in [3.8, 4) is 0 Å². The quantitative estimate of drug-likeness (QED) is 0.0283. The number of aliphatic hydroxyl groups is 1. The fourth-order valence-electron chi connectivity index (χ4n) is 7.22. The van der Waals surface area contributed by atoms with Gasteiger partial charge in [-0.3, -0.25) is 38.4 Å². The Hall–Kier alpha value is -6.96. The van der Waals surface area contributed by atoms with Gasteiger partial charge in [0.15, 0.2) is 0 Å². The number of nitrogens with two attached hydrogens (primary N) is 3. The largest absolute Gasteiger partial charge is 0.481 e. The highest BCUT2D eigenvalue weighted by molar-refractivity contribution is 5.97. The van der Waals surface area contributed by atoms with E-state index in [4.69, 9.17) is 17.2 Å². The van der Waals surface area contributed by atoms with Crippen LogP contribution < -0.4 is 54.4 Å². The first-order chi connectivity index (χ1) is 33.2. The molecular formula is C45H69N13O12. The van der Waals surface area contributed by atoms with Crippen molar-refractivity contribution in [1.29, 1.82) is 0 Å². The van der Waals surface area contributed by atoms with Crippen molar-refractivity contribution in [2.75, 3.05) is 19.6 Å². The van der Waals surface area contributed by atoms with Gasteiger partial charge in [-0.15, -0.1) is 0 Å². The number of carbonyl (C=O) groups excluding carboxylic acids is 7. The van der Waals surface area contributed by atoms with Crippen molar-refractivity contribution in [2.24, 2.45) is 23.1 Å². The number of aromatic amines is 2. The number of H-pyrrole nitrogens is 2. The number of carbonyl (C=O) groups is 9. The second kappa shape index (κ2) is 29.2. The van der Waals surface area contributed by atoms with Gasteiger partial charge in [-0.2, -0.15) is 0 Å². The van der Waals surface area contributed by atoms with Gasteiger partial charge in [-0.25, -0.2) is 9.78 Å². The number of aliphatic carboxylic acids is 2. The van der Waals surface area contributed by atoms with Gasteiger partial charge in [0.1, 0.15) is 42.3 Å². The Morgan fingerprint density at radius 2 is 1.23 bits per heavy atom. The molecule has 8 atom stereocenters. The Kier molecular flexibility index (Phi) is 23.9. The van der Waals surface area contributed by atoms with Gasteiger partial charge in [0.2, 0.25) is 41.4 Å². The summed E-state index contributed by atoms with van der Waals surface area (Å²) in [7, 11) is 0. The maximum absolute atomic E-state index is 14.3. The minimum atomic E-state index is -1.57. The summed E-state index contributed by atoms with van der Waals surface area (Å²) >= 11 is 0. The lowest BCUT2D eigenvalue weighted by Gasteiger charge is -2.28. The highest BCUT2D eigenvalue weighted by Gasteiger charge is 2.35. The summed E-state index contributed by atoms with van der Waals surface area (Å²) in [6, 6.07) is -2.38. The number of hydrogen-bond acceptors (Lipinski definition) is 14. The third kappa shape index (κ3) is 18.9. The van der Waals surface area contributed by atoms with Crippen LogP contribution in [0.15, 0.2) is 43.0 Å². The summed E-state index contributed by atoms with van der Waals surface area (Å²) in [4.78, 5) is 129. The number of aliphatic hydroxyl groups excluding tert-OH is 1. The van der Waals surface area contributed by atoms with Crippen LogP contribution in [0.3, 0.4) is 0 Å². The number of rotatable bonds is 32. The molecule has 0 aliphatic carbocycles. The summed E-state index contributed by atoms with van der Waals surface area (Å²) in [5, 5.41) is 47.6. The van der Waals surface area contributed by atoms with Crippen LogP contribution in [-0.4, -0.2) is 152 Å². The van der Waals surface area contributed by atoms with Gasteiger partial charge < -0.3 is 79.7 Å². The molecule has 18 N–H and O–H groups in total. The molecule has 7 amide bonds. The number of fused-ring (bicyclic) bond motifs is 1. The molecule has 25 heteroatoms. The van der Waals surface area contributed by atoms with E-state index < -0.39 is 127 Å². The molecule has 0 fully saturated rings. The number of nitrogens with one attached hydrogen (secondary N) is 9. The highest BCUT2D eigenvalue weighted by atomic mass is 16.4. The molecule has 3 aromatic rings. The van der Waals surface area contributed by atoms with E-state index in [1.807, 2.05) is 0 Å². The standard InChI is InChI=1S/C45H69N13O12/c1-24(2)38(44(68)57-34(45(69)70)19-27-21-49-23-52-27)58-41(65)32(14-15-36(61)62)55-40(64)31(13-7-9-17-47)54-42(66)33(18-26-20-50-29-11-5-4-10-28(26)29)53-35(60)22-51-39(63)30(12-6-8-16-46)56-43(67)37(48)25(3)59/h4-5,10-11,20-21,23-25,30-34,37-38,50,59H,6-9,12-19,22,46-48H2,1-3H3,(H,49,52)(H,51,63)(H,53,60)(H,54,66)(H,55,64)(H,56,67)(H,57,68)(H,58,65)(H,61,62)(H,69,70)/t25-,30+,31+,32+,33+,34+,37+,38+/m1/s1. The average Bonchev–Trinajstić information content (AvgIpc) is 3.99. The summed E-state index contributed by atoms with van der Waals surface area (Å²) < 4.78 is 0. The molecule has 1 aromatic carbocycles. The zero-order chi connectivity index (χ0) is 51.9. The van der Waals surface area contributed by atoms with Crippen LogP contribution in [0.4, 0.5) is 0 Å². The molecule has 2 aromatic heterocycles. The highest BCUT2D eigenvalue weighted by Crippen LogP contribution is 2.20. The van der Waals surface area contributed by atoms with Crippen molar-refractivity contribution < 1.29 is 58.5 Å². The number of carboxylic acid groups (broad SMARTS) is 2. The van der Waals surface area contributed by atoms with Gasteiger partial charge in [-0.05, 0) is 82.5 Å². The molecule has 0 aliphatic rings. The molecule has 0 bridgehead atoms. The Labute approximate surface area is 404 Å². The molecule has 0 aliphatic heterocycles. The van der Waals surface area contributed by atoms with E-state index >= 15 is 0 Å². The van der Waals surface area contributed by atoms with Gasteiger partial charge in [0.05, 0.1) is 19.0 Å². The molecule has 0 radical (unpaired) electrons. The van der Waals surface area contributed by atoms with Crippen LogP contribution >= 0.6 is 0 Å². The second-order valence-corrected chi connectivity index (χ2v) is 17.3. The van der Waals surface area contributed by atoms with Crippen molar-refractivity contribution in [3.05, 3.63) is 54.2 Å². The maximum Gasteiger partial charge on any atom is 0.326 e. The molecule has 25 nitrogen and oxygen atoms in total. The van der Waals surface area contributed by atoms with Crippen LogP contribution in [0.5, 0.6) is 0 Å². The van der Waals surface area contributed by atoms with E-state index in [-0.39, 0.29) is 32.2 Å². The van der Waals surface area contributed by atoms with E-state index in [0.29, 0.717) is 43.5 Å². The fraction of sp³-hybridized carbons (Fsp3) is 0.556. The number of amides is 7. The number of hydrogen-bond donors (Lipinski definition) is 15. The molecule has 2 heterocycles. The van der Waals surface area contributed by atoms with Crippen molar-refractivity contribution in [1.82, 2.24) is 52.2 Å². The Morgan fingerprint density at radius 1 is 0.657 bits per heavy atom. The summed E-state index contributed by atoms with van der Waals surface area (Å²) in [5.41, 5.74) is 18.9. The minimum absolute atomic E-state index is 0.0221. The Bertz CT molecular complexity index is 2220. The van der Waals surface area contributed by atoms with Crippen LogP contribution in [-0.2, 0) is 56.0 Å². The van der Waals surface area contributed by atoms with E-state index in [2.05, 4.69) is 52.2 Å². The molecular weight excluding hydrogens is 915 g/mol. The molecule has 0 saturated heterocycles. The third-order valence-corrected chi connectivity index (χ3v) is 11.3. The molecule has 0 spiro atoms. The second-order valence-electron chi connectivity index (χ2n) is 17.3. The van der Waals surface area contributed by atoms with Crippen LogP contribution in [0.25, 0.3) is 10.9 Å². The van der Waals surface area contributed by atoms with Gasteiger partial charge in [0, 0.05) is 48.3 Å². The lowest BCUT2D eigenvalue weighted by atomic mass is 10.0. The Balaban J connectivity index is 1.87. The average molecular weight is 984 g/mol. The maximum atomic E-state index is 14.3. The first kappa shape index (κ1) is 57.4. The predicted molar refractivity (Wildman–Crippen MR) is 254 cm³/mol. The summed E-state index contributed by atoms with van der Waals surface area (Å²) in [6.45, 7) is 4.38. The van der Waals surface area contributed by atoms with E-state index in [0.717, 1.165) is 10.9 Å². The first-order valence-corrected chi connectivity index (χ1v) is 23.2. The number of carboxylic acids is 2. The third-order valence-electron chi connectivity index (χ3n) is 11.3. The normalized spacial score (nSPS) is 14.7. The topological polar surface area (TPSA) is 421 Å². The van der Waals surface area contributed by atoms with Gasteiger partial charge >= 0.3 is 11.9 Å². The lowest BCUT2D eigenvalue weighted by molar-refractivity contribution is -0.142. The number of imidazole rings is 1. The van der Waals surface area contributed by atoms with E-state index in [1.165, 1.54) is 19.4 Å².